The van der Waals surface area contributed by atoms with E-state index in [1.54, 1.807) is 24.3 Å². The molecule has 0 fully saturated rings. The van der Waals surface area contributed by atoms with Crippen LogP contribution in [-0.4, -0.2) is 47.4 Å². The number of halogens is 3. The molecular weight excluding hydrogens is 449 g/mol. The van der Waals surface area contributed by atoms with E-state index in [-0.39, 0.29) is 44.1 Å². The fourth-order valence-electron chi connectivity index (χ4n) is 2.88. The lowest BCUT2D eigenvalue weighted by Crippen LogP contribution is -2.33. The summed E-state index contributed by atoms with van der Waals surface area (Å²) in [5.74, 6) is 0.773. The van der Waals surface area contributed by atoms with Gasteiger partial charge in [-0.2, -0.15) is 13.2 Å². The first kappa shape index (κ1) is 25.3. The Bertz CT molecular complexity index is 1010. The van der Waals surface area contributed by atoms with Crippen LogP contribution in [0, 0.1) is 0 Å². The normalized spacial score (nSPS) is 11.7. The minimum Gasteiger partial charge on any atom is -0.493 e. The van der Waals surface area contributed by atoms with Gasteiger partial charge in [0.2, 0.25) is 15.9 Å². The summed E-state index contributed by atoms with van der Waals surface area (Å²) in [6, 6.07) is 11.1. The van der Waals surface area contributed by atoms with Gasteiger partial charge in [-0.05, 0) is 36.8 Å². The standard InChI is InChI=1S/C21H25F3N2O5S/c1-30-18-9-3-4-10-19(18)31-14-12-25-20(27)11-6-13-26(32(2,28)29)17-8-5-7-16(15-17)21(22,23)24/h3-5,7-10,15H,6,11-14H2,1-2H3,(H,25,27). The van der Waals surface area contributed by atoms with E-state index in [9.17, 15) is 26.4 Å². The van der Waals surface area contributed by atoms with Crippen molar-refractivity contribution in [3.63, 3.8) is 0 Å². The maximum atomic E-state index is 12.9. The summed E-state index contributed by atoms with van der Waals surface area (Å²) in [4.78, 5) is 12.0. The molecule has 0 aliphatic rings. The van der Waals surface area contributed by atoms with Crippen molar-refractivity contribution in [1.82, 2.24) is 5.32 Å². The van der Waals surface area contributed by atoms with Crippen molar-refractivity contribution in [2.24, 2.45) is 0 Å². The van der Waals surface area contributed by atoms with E-state index in [1.165, 1.54) is 13.2 Å². The summed E-state index contributed by atoms with van der Waals surface area (Å²) < 4.78 is 74.6. The SMILES string of the molecule is COc1ccccc1OCCNC(=O)CCCN(c1cccc(C(F)(F)F)c1)S(C)(=O)=O. The third-order valence-corrected chi connectivity index (χ3v) is 5.57. The maximum Gasteiger partial charge on any atom is 0.416 e. The lowest BCUT2D eigenvalue weighted by Gasteiger charge is -2.23. The van der Waals surface area contributed by atoms with E-state index in [4.69, 9.17) is 9.47 Å². The molecule has 2 aromatic rings. The molecule has 0 unspecified atom stereocenters. The molecule has 0 atom stereocenters. The Kier molecular flexibility index (Phi) is 8.76. The van der Waals surface area contributed by atoms with Gasteiger partial charge in [0, 0.05) is 13.0 Å². The fourth-order valence-corrected chi connectivity index (χ4v) is 3.84. The van der Waals surface area contributed by atoms with Gasteiger partial charge in [-0.25, -0.2) is 8.42 Å². The number of rotatable bonds is 11. The van der Waals surface area contributed by atoms with Gasteiger partial charge < -0.3 is 14.8 Å². The zero-order valence-corrected chi connectivity index (χ0v) is 18.5. The molecular formula is C21H25F3N2O5S. The number of ether oxygens (including phenoxy) is 2. The zero-order chi connectivity index (χ0) is 23.8. The molecule has 1 amide bonds. The quantitative estimate of drug-likeness (QED) is 0.505. The van der Waals surface area contributed by atoms with Crippen LogP contribution in [0.15, 0.2) is 48.5 Å². The first-order chi connectivity index (χ1) is 15.0. The van der Waals surface area contributed by atoms with E-state index in [0.717, 1.165) is 28.8 Å². The molecule has 32 heavy (non-hydrogen) atoms. The fraction of sp³-hybridized carbons (Fsp3) is 0.381. The highest BCUT2D eigenvalue weighted by molar-refractivity contribution is 7.92. The lowest BCUT2D eigenvalue weighted by molar-refractivity contribution is -0.137. The van der Waals surface area contributed by atoms with Crippen LogP contribution >= 0.6 is 0 Å². The summed E-state index contributed by atoms with van der Waals surface area (Å²) >= 11 is 0. The van der Waals surface area contributed by atoms with Crippen molar-refractivity contribution in [3.8, 4) is 11.5 Å². The molecule has 11 heteroatoms. The Morgan fingerprint density at radius 2 is 1.78 bits per heavy atom. The Morgan fingerprint density at radius 1 is 1.09 bits per heavy atom. The molecule has 0 radical (unpaired) electrons. The molecule has 2 rings (SSSR count). The minimum atomic E-state index is -4.59. The van der Waals surface area contributed by atoms with Crippen LogP contribution in [0.4, 0.5) is 18.9 Å². The van der Waals surface area contributed by atoms with Crippen molar-refractivity contribution < 1.29 is 35.9 Å². The average molecular weight is 475 g/mol. The van der Waals surface area contributed by atoms with Crippen LogP contribution in [-0.2, 0) is 21.0 Å². The number of methoxy groups -OCH3 is 1. The first-order valence-corrected chi connectivity index (χ1v) is 11.5. The minimum absolute atomic E-state index is 0.000357. The van der Waals surface area contributed by atoms with E-state index in [1.807, 2.05) is 0 Å². The van der Waals surface area contributed by atoms with Crippen LogP contribution < -0.4 is 19.1 Å². The summed E-state index contributed by atoms with van der Waals surface area (Å²) in [6.07, 6.45) is -3.56. The molecule has 0 saturated carbocycles. The van der Waals surface area contributed by atoms with Crippen LogP contribution in [0.3, 0.4) is 0 Å². The van der Waals surface area contributed by atoms with Crippen molar-refractivity contribution >= 4 is 21.6 Å². The van der Waals surface area contributed by atoms with Crippen LogP contribution in [0.1, 0.15) is 18.4 Å². The molecule has 0 saturated heterocycles. The van der Waals surface area contributed by atoms with Gasteiger partial charge in [0.05, 0.1) is 31.2 Å². The Morgan fingerprint density at radius 3 is 2.41 bits per heavy atom. The number of sulfonamides is 1. The van der Waals surface area contributed by atoms with Gasteiger partial charge >= 0.3 is 6.18 Å². The van der Waals surface area contributed by atoms with Crippen LogP contribution in [0.2, 0.25) is 0 Å². The molecule has 0 spiro atoms. The number of carbonyl (C=O) groups excluding carboxylic acids is 1. The molecule has 0 aliphatic carbocycles. The van der Waals surface area contributed by atoms with Gasteiger partial charge in [-0.3, -0.25) is 9.10 Å². The highest BCUT2D eigenvalue weighted by Crippen LogP contribution is 2.32. The van der Waals surface area contributed by atoms with Gasteiger partial charge in [-0.15, -0.1) is 0 Å². The number of para-hydroxylation sites is 2. The number of nitrogens with one attached hydrogen (secondary N) is 1. The topological polar surface area (TPSA) is 84.9 Å². The third kappa shape index (κ3) is 7.63. The summed E-state index contributed by atoms with van der Waals surface area (Å²) in [5, 5.41) is 2.65. The number of benzene rings is 2. The van der Waals surface area contributed by atoms with Gasteiger partial charge in [0.1, 0.15) is 6.61 Å². The smallest absolute Gasteiger partial charge is 0.416 e. The van der Waals surface area contributed by atoms with Crippen molar-refractivity contribution in [2.75, 3.05) is 37.4 Å². The van der Waals surface area contributed by atoms with Gasteiger partial charge in [-0.1, -0.05) is 18.2 Å². The maximum absolute atomic E-state index is 12.9. The second-order valence-electron chi connectivity index (χ2n) is 6.84. The van der Waals surface area contributed by atoms with E-state index < -0.39 is 21.8 Å². The molecule has 0 heterocycles. The molecule has 1 N–H and O–H groups in total. The number of hydrogen-bond donors (Lipinski definition) is 1. The molecule has 0 aromatic heterocycles. The zero-order valence-electron chi connectivity index (χ0n) is 17.7. The predicted molar refractivity (Wildman–Crippen MR) is 114 cm³/mol. The summed E-state index contributed by atoms with van der Waals surface area (Å²) in [7, 11) is -2.32. The number of hydrogen-bond acceptors (Lipinski definition) is 5. The molecule has 2 aromatic carbocycles. The molecule has 7 nitrogen and oxygen atoms in total. The third-order valence-electron chi connectivity index (χ3n) is 4.38. The highest BCUT2D eigenvalue weighted by Gasteiger charge is 2.31. The number of alkyl halides is 3. The summed E-state index contributed by atoms with van der Waals surface area (Å²) in [5.41, 5.74) is -1.05. The van der Waals surface area contributed by atoms with Crippen molar-refractivity contribution in [3.05, 3.63) is 54.1 Å². The lowest BCUT2D eigenvalue weighted by atomic mass is 10.2. The number of anilines is 1. The van der Waals surface area contributed by atoms with Crippen LogP contribution in [0.5, 0.6) is 11.5 Å². The Balaban J connectivity index is 1.85. The second kappa shape index (κ2) is 11.1. The van der Waals surface area contributed by atoms with Gasteiger partial charge in [0.15, 0.2) is 11.5 Å². The van der Waals surface area contributed by atoms with Crippen molar-refractivity contribution in [1.29, 1.82) is 0 Å². The number of carbonyl (C=O) groups is 1. The summed E-state index contributed by atoms with van der Waals surface area (Å²) in [6.45, 7) is 0.289. The molecule has 176 valence electrons. The monoisotopic (exact) mass is 474 g/mol. The predicted octanol–water partition coefficient (Wildman–Crippen LogP) is 3.46. The second-order valence-corrected chi connectivity index (χ2v) is 8.74. The average Bonchev–Trinajstić information content (AvgIpc) is 2.73. The number of nitrogens with zero attached hydrogens (tertiary/aromatic N) is 1. The van der Waals surface area contributed by atoms with E-state index >= 15 is 0 Å². The van der Waals surface area contributed by atoms with Crippen LogP contribution in [0.25, 0.3) is 0 Å². The molecule has 0 aliphatic heterocycles. The van der Waals surface area contributed by atoms with E-state index in [0.29, 0.717) is 11.5 Å². The van der Waals surface area contributed by atoms with Gasteiger partial charge in [0.25, 0.3) is 0 Å². The van der Waals surface area contributed by atoms with Crippen molar-refractivity contribution in [2.45, 2.75) is 19.0 Å². The largest absolute Gasteiger partial charge is 0.493 e. The van der Waals surface area contributed by atoms with E-state index in [2.05, 4.69) is 5.32 Å². The highest BCUT2D eigenvalue weighted by atomic mass is 32.2. The molecule has 0 bridgehead atoms. The Labute approximate surface area is 185 Å². The first-order valence-electron chi connectivity index (χ1n) is 9.70. The Hall–Kier alpha value is -2.95. The number of amides is 1.